The maximum atomic E-state index is 10.8. The van der Waals surface area contributed by atoms with Crippen LogP contribution in [0.1, 0.15) is 25.0 Å². The SMILES string of the molecule is Cc1ccncc1/C=C(\C=O)C(C)C. The lowest BCUT2D eigenvalue weighted by atomic mass is 10.0. The van der Waals surface area contributed by atoms with Crippen LogP contribution in [0.15, 0.2) is 24.0 Å². The number of rotatable bonds is 3. The molecular weight excluding hydrogens is 174 g/mol. The van der Waals surface area contributed by atoms with Gasteiger partial charge in [0.1, 0.15) is 6.29 Å². The van der Waals surface area contributed by atoms with Crippen molar-refractivity contribution in [2.24, 2.45) is 5.92 Å². The summed E-state index contributed by atoms with van der Waals surface area (Å²) in [6.45, 7) is 6.02. The van der Waals surface area contributed by atoms with Gasteiger partial charge in [0.2, 0.25) is 0 Å². The zero-order valence-corrected chi connectivity index (χ0v) is 8.82. The van der Waals surface area contributed by atoms with Crippen molar-refractivity contribution in [3.8, 4) is 0 Å². The summed E-state index contributed by atoms with van der Waals surface area (Å²) in [4.78, 5) is 14.8. The lowest BCUT2D eigenvalue weighted by molar-refractivity contribution is -0.105. The topological polar surface area (TPSA) is 30.0 Å². The molecule has 74 valence electrons. The standard InChI is InChI=1S/C12H15NO/c1-9(2)12(8-14)6-11-7-13-5-4-10(11)3/h4-9H,1-3H3/b12-6+. The molecule has 0 atom stereocenters. The summed E-state index contributed by atoms with van der Waals surface area (Å²) in [5.41, 5.74) is 2.96. The van der Waals surface area contributed by atoms with Crippen molar-refractivity contribution >= 4 is 12.4 Å². The Bertz CT molecular complexity index is 353. The van der Waals surface area contributed by atoms with Gasteiger partial charge in [-0.2, -0.15) is 0 Å². The molecule has 0 amide bonds. The molecule has 0 radical (unpaired) electrons. The van der Waals surface area contributed by atoms with Crippen molar-refractivity contribution in [1.82, 2.24) is 4.98 Å². The molecular formula is C12H15NO. The van der Waals surface area contributed by atoms with Gasteiger partial charge >= 0.3 is 0 Å². The Kier molecular flexibility index (Phi) is 3.57. The van der Waals surface area contributed by atoms with Crippen LogP contribution in [0, 0.1) is 12.8 Å². The number of nitrogens with zero attached hydrogens (tertiary/aromatic N) is 1. The number of pyridine rings is 1. The minimum Gasteiger partial charge on any atom is -0.298 e. The van der Waals surface area contributed by atoms with E-state index in [0.29, 0.717) is 0 Å². The zero-order chi connectivity index (χ0) is 10.6. The Labute approximate surface area is 84.7 Å². The van der Waals surface area contributed by atoms with Crippen molar-refractivity contribution in [3.05, 3.63) is 35.2 Å². The summed E-state index contributed by atoms with van der Waals surface area (Å²) < 4.78 is 0. The second kappa shape index (κ2) is 4.70. The number of aryl methyl sites for hydroxylation is 1. The molecule has 0 aromatic carbocycles. The minimum atomic E-state index is 0.257. The van der Waals surface area contributed by atoms with E-state index in [1.165, 1.54) is 0 Å². The second-order valence-corrected chi connectivity index (χ2v) is 3.65. The van der Waals surface area contributed by atoms with Gasteiger partial charge in [-0.1, -0.05) is 13.8 Å². The summed E-state index contributed by atoms with van der Waals surface area (Å²) >= 11 is 0. The highest BCUT2D eigenvalue weighted by molar-refractivity contribution is 5.82. The molecule has 2 nitrogen and oxygen atoms in total. The molecule has 1 heterocycles. The highest BCUT2D eigenvalue weighted by atomic mass is 16.1. The summed E-state index contributed by atoms with van der Waals surface area (Å²) in [7, 11) is 0. The van der Waals surface area contributed by atoms with Gasteiger partial charge in [0, 0.05) is 12.4 Å². The van der Waals surface area contributed by atoms with Crippen molar-refractivity contribution < 1.29 is 4.79 Å². The maximum absolute atomic E-state index is 10.8. The van der Waals surface area contributed by atoms with Crippen molar-refractivity contribution in [2.75, 3.05) is 0 Å². The zero-order valence-electron chi connectivity index (χ0n) is 8.82. The third-order valence-electron chi connectivity index (χ3n) is 2.20. The molecule has 0 unspecified atom stereocenters. The van der Waals surface area contributed by atoms with E-state index in [2.05, 4.69) is 4.98 Å². The molecule has 0 saturated heterocycles. The van der Waals surface area contributed by atoms with Gasteiger partial charge in [0.15, 0.2) is 0 Å². The third kappa shape index (κ3) is 2.52. The quantitative estimate of drug-likeness (QED) is 0.540. The van der Waals surface area contributed by atoms with E-state index in [9.17, 15) is 4.79 Å². The molecule has 2 heteroatoms. The highest BCUT2D eigenvalue weighted by Gasteiger charge is 2.02. The summed E-state index contributed by atoms with van der Waals surface area (Å²) in [6.07, 6.45) is 6.35. The molecule has 0 bridgehead atoms. The van der Waals surface area contributed by atoms with Crippen LogP contribution in [0.2, 0.25) is 0 Å². The molecule has 0 aliphatic heterocycles. The van der Waals surface area contributed by atoms with Gasteiger partial charge in [-0.25, -0.2) is 0 Å². The first-order chi connectivity index (χ1) is 6.65. The maximum Gasteiger partial charge on any atom is 0.146 e. The number of allylic oxidation sites excluding steroid dienone is 1. The number of hydrogen-bond donors (Lipinski definition) is 0. The molecule has 0 N–H and O–H groups in total. The Morgan fingerprint density at radius 3 is 2.71 bits per heavy atom. The lowest BCUT2D eigenvalue weighted by Gasteiger charge is -2.04. The minimum absolute atomic E-state index is 0.257. The van der Waals surface area contributed by atoms with Gasteiger partial charge in [-0.15, -0.1) is 0 Å². The number of hydrogen-bond acceptors (Lipinski definition) is 2. The number of carbonyl (C=O) groups is 1. The fourth-order valence-corrected chi connectivity index (χ4v) is 1.14. The van der Waals surface area contributed by atoms with E-state index >= 15 is 0 Å². The number of aromatic nitrogens is 1. The predicted octanol–water partition coefficient (Wildman–Crippen LogP) is 2.63. The Hall–Kier alpha value is -1.44. The van der Waals surface area contributed by atoms with Crippen LogP contribution >= 0.6 is 0 Å². The molecule has 0 aliphatic carbocycles. The van der Waals surface area contributed by atoms with E-state index in [0.717, 1.165) is 23.0 Å². The highest BCUT2D eigenvalue weighted by Crippen LogP contribution is 2.14. The van der Waals surface area contributed by atoms with Gasteiger partial charge in [-0.05, 0) is 41.7 Å². The normalized spacial score (nSPS) is 11.9. The average Bonchev–Trinajstić information content (AvgIpc) is 2.16. The van der Waals surface area contributed by atoms with Gasteiger partial charge in [0.25, 0.3) is 0 Å². The van der Waals surface area contributed by atoms with Crippen LogP contribution in [-0.4, -0.2) is 11.3 Å². The Balaban J connectivity index is 3.06. The number of aldehydes is 1. The lowest BCUT2D eigenvalue weighted by Crippen LogP contribution is -1.95. The first kappa shape index (κ1) is 10.6. The fourth-order valence-electron chi connectivity index (χ4n) is 1.14. The number of carbonyl (C=O) groups excluding carboxylic acids is 1. The fraction of sp³-hybridized carbons (Fsp3) is 0.333. The van der Waals surface area contributed by atoms with E-state index in [1.807, 2.05) is 32.9 Å². The smallest absolute Gasteiger partial charge is 0.146 e. The summed E-state index contributed by atoms with van der Waals surface area (Å²) in [6, 6.07) is 1.94. The van der Waals surface area contributed by atoms with Crippen LogP contribution in [-0.2, 0) is 4.79 Å². The molecule has 0 spiro atoms. The van der Waals surface area contributed by atoms with E-state index < -0.39 is 0 Å². The predicted molar refractivity (Wildman–Crippen MR) is 57.9 cm³/mol. The van der Waals surface area contributed by atoms with Crippen LogP contribution in [0.4, 0.5) is 0 Å². The van der Waals surface area contributed by atoms with Crippen LogP contribution in [0.25, 0.3) is 6.08 Å². The monoisotopic (exact) mass is 189 g/mol. The van der Waals surface area contributed by atoms with Crippen LogP contribution in [0.5, 0.6) is 0 Å². The van der Waals surface area contributed by atoms with Crippen LogP contribution in [0.3, 0.4) is 0 Å². The molecule has 0 aliphatic rings. The van der Waals surface area contributed by atoms with Crippen molar-refractivity contribution in [3.63, 3.8) is 0 Å². The van der Waals surface area contributed by atoms with E-state index in [-0.39, 0.29) is 5.92 Å². The van der Waals surface area contributed by atoms with Gasteiger partial charge in [-0.3, -0.25) is 9.78 Å². The molecule has 0 fully saturated rings. The summed E-state index contributed by atoms with van der Waals surface area (Å²) in [5.74, 6) is 0.257. The van der Waals surface area contributed by atoms with Crippen molar-refractivity contribution in [2.45, 2.75) is 20.8 Å². The molecule has 0 saturated carbocycles. The first-order valence-corrected chi connectivity index (χ1v) is 4.72. The van der Waals surface area contributed by atoms with Crippen LogP contribution < -0.4 is 0 Å². The van der Waals surface area contributed by atoms with E-state index in [4.69, 9.17) is 0 Å². The van der Waals surface area contributed by atoms with Gasteiger partial charge < -0.3 is 0 Å². The molecule has 1 rings (SSSR count). The Morgan fingerprint density at radius 2 is 2.21 bits per heavy atom. The first-order valence-electron chi connectivity index (χ1n) is 4.72. The average molecular weight is 189 g/mol. The summed E-state index contributed by atoms with van der Waals surface area (Å²) in [5, 5.41) is 0. The molecule has 1 aromatic heterocycles. The molecule has 1 aromatic rings. The van der Waals surface area contributed by atoms with Crippen molar-refractivity contribution in [1.29, 1.82) is 0 Å². The third-order valence-corrected chi connectivity index (χ3v) is 2.20. The second-order valence-electron chi connectivity index (χ2n) is 3.65. The molecule has 14 heavy (non-hydrogen) atoms. The van der Waals surface area contributed by atoms with Gasteiger partial charge in [0.05, 0.1) is 0 Å². The van der Waals surface area contributed by atoms with E-state index in [1.54, 1.807) is 12.4 Å². The Morgan fingerprint density at radius 1 is 1.50 bits per heavy atom. The largest absolute Gasteiger partial charge is 0.298 e.